The van der Waals surface area contributed by atoms with Crippen molar-refractivity contribution in [2.45, 2.75) is 32.6 Å². The van der Waals surface area contributed by atoms with E-state index in [0.29, 0.717) is 0 Å². The Balaban J connectivity index is 2.42. The second-order valence-corrected chi connectivity index (χ2v) is 8.19. The third-order valence-corrected chi connectivity index (χ3v) is 6.87. The number of carbonyl (C=O) groups is 4. The first-order valence-corrected chi connectivity index (χ1v) is 9.62. The first kappa shape index (κ1) is 23.1. The van der Waals surface area contributed by atoms with E-state index < -0.39 is 34.7 Å². The van der Waals surface area contributed by atoms with Gasteiger partial charge in [0.25, 0.3) is 0 Å². The van der Waals surface area contributed by atoms with Crippen LogP contribution < -0.4 is 0 Å². The SMILES string of the molecule is COC(=O)C1(C(=O)OC)C[C@H](CO)[C@@H]([C@H]2CC(C(=O)OC)(C(=O)OC)C[C@@H]2C)C1. The highest BCUT2D eigenvalue weighted by atomic mass is 16.6. The predicted molar refractivity (Wildman–Crippen MR) is 98.1 cm³/mol. The van der Waals surface area contributed by atoms with Gasteiger partial charge in [0, 0.05) is 6.61 Å². The lowest BCUT2D eigenvalue weighted by atomic mass is 9.76. The Morgan fingerprint density at radius 1 is 0.724 bits per heavy atom. The van der Waals surface area contributed by atoms with Gasteiger partial charge in [-0.3, -0.25) is 19.2 Å². The molecule has 1 N–H and O–H groups in total. The Labute approximate surface area is 170 Å². The van der Waals surface area contributed by atoms with Crippen molar-refractivity contribution < 1.29 is 43.2 Å². The second kappa shape index (κ2) is 8.69. The minimum absolute atomic E-state index is 0.0835. The Kier molecular flexibility index (Phi) is 6.93. The third-order valence-electron chi connectivity index (χ3n) is 6.87. The van der Waals surface area contributed by atoms with Crippen LogP contribution in [0.3, 0.4) is 0 Å². The van der Waals surface area contributed by atoms with Crippen LogP contribution in [0.1, 0.15) is 32.6 Å². The van der Waals surface area contributed by atoms with Crippen molar-refractivity contribution in [2.75, 3.05) is 35.0 Å². The lowest BCUT2D eigenvalue weighted by Gasteiger charge is -2.29. The molecule has 0 unspecified atom stereocenters. The van der Waals surface area contributed by atoms with E-state index in [1.54, 1.807) is 0 Å². The first-order valence-electron chi connectivity index (χ1n) is 9.62. The lowest BCUT2D eigenvalue weighted by molar-refractivity contribution is -0.171. The van der Waals surface area contributed by atoms with Gasteiger partial charge in [0.15, 0.2) is 10.8 Å². The number of rotatable bonds is 6. The number of aliphatic hydroxyl groups is 1. The Morgan fingerprint density at radius 3 is 1.48 bits per heavy atom. The van der Waals surface area contributed by atoms with Crippen molar-refractivity contribution in [1.29, 1.82) is 0 Å². The molecule has 0 aromatic rings. The fourth-order valence-corrected chi connectivity index (χ4v) is 5.53. The van der Waals surface area contributed by atoms with Gasteiger partial charge in [0.2, 0.25) is 0 Å². The molecule has 0 aliphatic heterocycles. The van der Waals surface area contributed by atoms with E-state index in [1.165, 1.54) is 28.4 Å². The van der Waals surface area contributed by atoms with Crippen LogP contribution in [0.2, 0.25) is 0 Å². The number of aliphatic hydroxyl groups excluding tert-OH is 1. The first-order chi connectivity index (χ1) is 13.7. The maximum atomic E-state index is 12.5. The molecular weight excluding hydrogens is 384 g/mol. The van der Waals surface area contributed by atoms with Crippen molar-refractivity contribution in [3.05, 3.63) is 0 Å². The summed E-state index contributed by atoms with van der Waals surface area (Å²) in [4.78, 5) is 50.1. The Hall–Kier alpha value is -2.16. The summed E-state index contributed by atoms with van der Waals surface area (Å²) in [6.07, 6.45) is 0.591. The summed E-state index contributed by atoms with van der Waals surface area (Å²) in [6.45, 7) is 1.66. The van der Waals surface area contributed by atoms with Crippen molar-refractivity contribution in [3.63, 3.8) is 0 Å². The molecule has 29 heavy (non-hydrogen) atoms. The summed E-state index contributed by atoms with van der Waals surface area (Å²) < 4.78 is 19.5. The summed E-state index contributed by atoms with van der Waals surface area (Å²) in [6, 6.07) is 0. The van der Waals surface area contributed by atoms with Gasteiger partial charge < -0.3 is 24.1 Å². The molecule has 2 aliphatic rings. The van der Waals surface area contributed by atoms with E-state index in [0.717, 1.165) is 0 Å². The fourth-order valence-electron chi connectivity index (χ4n) is 5.53. The minimum atomic E-state index is -1.51. The third kappa shape index (κ3) is 3.60. The van der Waals surface area contributed by atoms with Crippen LogP contribution in [-0.4, -0.2) is 64.0 Å². The molecular formula is C20H30O9. The molecule has 0 saturated heterocycles. The molecule has 4 atom stereocenters. The minimum Gasteiger partial charge on any atom is -0.468 e. The van der Waals surface area contributed by atoms with Gasteiger partial charge in [-0.25, -0.2) is 0 Å². The number of esters is 4. The zero-order valence-electron chi connectivity index (χ0n) is 17.6. The number of hydrogen-bond acceptors (Lipinski definition) is 9. The van der Waals surface area contributed by atoms with Gasteiger partial charge in [0.1, 0.15) is 0 Å². The molecule has 9 heteroatoms. The highest BCUT2D eigenvalue weighted by Gasteiger charge is 2.63. The fraction of sp³-hybridized carbons (Fsp3) is 0.800. The van der Waals surface area contributed by atoms with Crippen molar-refractivity contribution in [2.24, 2.45) is 34.5 Å². The van der Waals surface area contributed by atoms with Crippen LogP contribution in [0.15, 0.2) is 0 Å². The predicted octanol–water partition coefficient (Wildman–Crippen LogP) is 0.716. The van der Waals surface area contributed by atoms with Crippen molar-refractivity contribution >= 4 is 23.9 Å². The largest absolute Gasteiger partial charge is 0.468 e. The number of ether oxygens (including phenoxy) is 4. The molecule has 0 aromatic carbocycles. The highest BCUT2D eigenvalue weighted by Crippen LogP contribution is 2.58. The standard InChI is InChI=1S/C20H30O9/c1-11-6-19(15(22)26-2,16(23)27-3)8-13(11)14-9-20(17(24)28-4,18(25)29-5)7-12(14)10-21/h11-14,21H,6-10H2,1-5H3/t11-,12+,13-,14-/m0/s1. The average molecular weight is 414 g/mol. The van der Waals surface area contributed by atoms with Gasteiger partial charge in [-0.1, -0.05) is 6.92 Å². The van der Waals surface area contributed by atoms with Crippen LogP contribution in [0, 0.1) is 34.5 Å². The Bertz CT molecular complexity index is 639. The molecule has 0 bridgehead atoms. The normalized spacial score (nSPS) is 29.7. The molecule has 0 radical (unpaired) electrons. The van der Waals surface area contributed by atoms with Gasteiger partial charge in [-0.05, 0) is 49.4 Å². The van der Waals surface area contributed by atoms with Gasteiger partial charge in [0.05, 0.1) is 28.4 Å². The maximum absolute atomic E-state index is 12.5. The summed E-state index contributed by atoms with van der Waals surface area (Å²) in [5, 5.41) is 9.98. The van der Waals surface area contributed by atoms with E-state index >= 15 is 0 Å². The summed E-state index contributed by atoms with van der Waals surface area (Å²) in [5.74, 6) is -3.71. The molecule has 0 heterocycles. The van der Waals surface area contributed by atoms with Gasteiger partial charge in [-0.2, -0.15) is 0 Å². The van der Waals surface area contributed by atoms with E-state index in [-0.39, 0.29) is 56.0 Å². The van der Waals surface area contributed by atoms with Crippen LogP contribution >= 0.6 is 0 Å². The number of methoxy groups -OCH3 is 4. The number of hydrogen-bond donors (Lipinski definition) is 1. The number of carbonyl (C=O) groups excluding carboxylic acids is 4. The van der Waals surface area contributed by atoms with Gasteiger partial charge in [-0.15, -0.1) is 0 Å². The smallest absolute Gasteiger partial charge is 0.323 e. The zero-order valence-corrected chi connectivity index (χ0v) is 17.6. The maximum Gasteiger partial charge on any atom is 0.323 e. The highest BCUT2D eigenvalue weighted by molar-refractivity contribution is 6.01. The monoisotopic (exact) mass is 414 g/mol. The quantitative estimate of drug-likeness (QED) is 0.380. The van der Waals surface area contributed by atoms with Crippen LogP contribution in [0.4, 0.5) is 0 Å². The molecule has 2 fully saturated rings. The summed E-state index contributed by atoms with van der Waals surface area (Å²) in [5.41, 5.74) is -2.95. The summed E-state index contributed by atoms with van der Waals surface area (Å²) >= 11 is 0. The van der Waals surface area contributed by atoms with Gasteiger partial charge >= 0.3 is 23.9 Å². The topological polar surface area (TPSA) is 125 Å². The molecule has 0 amide bonds. The van der Waals surface area contributed by atoms with Crippen LogP contribution in [0.5, 0.6) is 0 Å². The van der Waals surface area contributed by atoms with E-state index in [4.69, 9.17) is 18.9 Å². The van der Waals surface area contributed by atoms with E-state index in [2.05, 4.69) is 0 Å². The molecule has 2 saturated carbocycles. The van der Waals surface area contributed by atoms with E-state index in [9.17, 15) is 24.3 Å². The van der Waals surface area contributed by atoms with E-state index in [1.807, 2.05) is 6.92 Å². The molecule has 2 aliphatic carbocycles. The molecule has 164 valence electrons. The summed E-state index contributed by atoms with van der Waals surface area (Å²) in [7, 11) is 4.84. The molecule has 2 rings (SSSR count). The Morgan fingerprint density at radius 2 is 1.10 bits per heavy atom. The molecule has 0 spiro atoms. The molecule has 0 aromatic heterocycles. The molecule has 9 nitrogen and oxygen atoms in total. The average Bonchev–Trinajstić information content (AvgIpc) is 3.30. The lowest BCUT2D eigenvalue weighted by Crippen LogP contribution is -2.40. The van der Waals surface area contributed by atoms with Crippen LogP contribution in [-0.2, 0) is 38.1 Å². The zero-order chi connectivity index (χ0) is 22.0. The van der Waals surface area contributed by atoms with Crippen LogP contribution in [0.25, 0.3) is 0 Å². The van der Waals surface area contributed by atoms with Crippen molar-refractivity contribution in [3.8, 4) is 0 Å². The van der Waals surface area contributed by atoms with Crippen molar-refractivity contribution in [1.82, 2.24) is 0 Å². The second-order valence-electron chi connectivity index (χ2n) is 8.19.